The second-order valence-corrected chi connectivity index (χ2v) is 8.43. The van der Waals surface area contributed by atoms with Crippen molar-refractivity contribution in [1.29, 1.82) is 0 Å². The lowest BCUT2D eigenvalue weighted by Crippen LogP contribution is -2.51. The first-order chi connectivity index (χ1) is 16.6. The smallest absolute Gasteiger partial charge is 0.309 e. The van der Waals surface area contributed by atoms with Gasteiger partial charge in [-0.1, -0.05) is 12.1 Å². The standard InChI is InChI=1S/C24H32FN5O4/c25-19-4-1-2-5-20(19)29-9-11-30(12-10-29)21(22-6-3-15-34-22)18-27-24(32)23(31)26-7-8-28-13-16-33-17-14-28/h1-6,15,21H,7-14,16-18H2,(H,26,31)(H,27,32). The summed E-state index contributed by atoms with van der Waals surface area (Å²) in [5.41, 5.74) is 0.596. The van der Waals surface area contributed by atoms with Crippen molar-refractivity contribution in [2.75, 3.05) is 77.0 Å². The van der Waals surface area contributed by atoms with E-state index < -0.39 is 11.8 Å². The zero-order valence-corrected chi connectivity index (χ0v) is 19.2. The number of nitrogens with zero attached hydrogens (tertiary/aromatic N) is 3. The van der Waals surface area contributed by atoms with Crippen molar-refractivity contribution in [1.82, 2.24) is 20.4 Å². The van der Waals surface area contributed by atoms with Gasteiger partial charge in [-0.05, 0) is 24.3 Å². The van der Waals surface area contributed by atoms with Gasteiger partial charge in [0.15, 0.2) is 0 Å². The lowest BCUT2D eigenvalue weighted by molar-refractivity contribution is -0.139. The molecule has 2 aromatic rings. The van der Waals surface area contributed by atoms with Gasteiger partial charge in [0.2, 0.25) is 0 Å². The third-order valence-corrected chi connectivity index (χ3v) is 6.30. The molecule has 2 aliphatic rings. The number of morpholine rings is 1. The molecule has 0 saturated carbocycles. The maximum Gasteiger partial charge on any atom is 0.309 e. The summed E-state index contributed by atoms with van der Waals surface area (Å²) in [7, 11) is 0. The van der Waals surface area contributed by atoms with E-state index in [2.05, 4.69) is 20.4 Å². The zero-order chi connectivity index (χ0) is 23.8. The van der Waals surface area contributed by atoms with E-state index in [4.69, 9.17) is 9.15 Å². The average molecular weight is 474 g/mol. The second kappa shape index (κ2) is 12.0. The summed E-state index contributed by atoms with van der Waals surface area (Å²) in [5, 5.41) is 5.43. The number of para-hydroxylation sites is 1. The maximum atomic E-state index is 14.2. The van der Waals surface area contributed by atoms with Gasteiger partial charge in [0.1, 0.15) is 11.6 Å². The number of carbonyl (C=O) groups is 2. The van der Waals surface area contributed by atoms with E-state index in [9.17, 15) is 14.0 Å². The molecule has 0 spiro atoms. The van der Waals surface area contributed by atoms with Gasteiger partial charge in [-0.2, -0.15) is 0 Å². The molecule has 10 heteroatoms. The van der Waals surface area contributed by atoms with Crippen LogP contribution in [0, 0.1) is 5.82 Å². The van der Waals surface area contributed by atoms with Gasteiger partial charge in [0, 0.05) is 58.9 Å². The normalized spacial score (nSPS) is 18.4. The van der Waals surface area contributed by atoms with Gasteiger partial charge in [-0.25, -0.2) is 4.39 Å². The fourth-order valence-electron chi connectivity index (χ4n) is 4.38. The predicted octanol–water partition coefficient (Wildman–Crippen LogP) is 0.847. The van der Waals surface area contributed by atoms with E-state index in [-0.39, 0.29) is 18.4 Å². The number of furan rings is 1. The molecule has 3 heterocycles. The molecule has 2 saturated heterocycles. The third kappa shape index (κ3) is 6.34. The number of ether oxygens (including phenoxy) is 1. The van der Waals surface area contributed by atoms with Gasteiger partial charge >= 0.3 is 11.8 Å². The average Bonchev–Trinajstić information content (AvgIpc) is 3.40. The Labute approximate surface area is 198 Å². The molecule has 2 fully saturated rings. The first kappa shape index (κ1) is 24.2. The van der Waals surface area contributed by atoms with Crippen molar-refractivity contribution >= 4 is 17.5 Å². The minimum Gasteiger partial charge on any atom is -0.468 e. The molecule has 0 radical (unpaired) electrons. The van der Waals surface area contributed by atoms with Gasteiger partial charge in [0.05, 0.1) is 31.2 Å². The molecular weight excluding hydrogens is 441 g/mol. The van der Waals surface area contributed by atoms with E-state index in [1.54, 1.807) is 24.5 Å². The Morgan fingerprint density at radius 1 is 0.941 bits per heavy atom. The fourth-order valence-corrected chi connectivity index (χ4v) is 4.38. The van der Waals surface area contributed by atoms with Crippen LogP contribution in [0.3, 0.4) is 0 Å². The SMILES string of the molecule is O=C(NCCN1CCOCC1)C(=O)NCC(c1ccco1)N1CCN(c2ccccc2F)CC1. The monoisotopic (exact) mass is 473 g/mol. The highest BCUT2D eigenvalue weighted by atomic mass is 19.1. The minimum atomic E-state index is -0.663. The number of rotatable bonds is 8. The van der Waals surface area contributed by atoms with Gasteiger partial charge in [-0.3, -0.25) is 19.4 Å². The van der Waals surface area contributed by atoms with E-state index in [1.807, 2.05) is 17.0 Å². The number of amides is 2. The summed E-state index contributed by atoms with van der Waals surface area (Å²) in [6.07, 6.45) is 1.60. The van der Waals surface area contributed by atoms with Crippen LogP contribution in [0.5, 0.6) is 0 Å². The largest absolute Gasteiger partial charge is 0.468 e. The number of benzene rings is 1. The third-order valence-electron chi connectivity index (χ3n) is 6.30. The van der Waals surface area contributed by atoms with Gasteiger partial charge in [-0.15, -0.1) is 0 Å². The minimum absolute atomic E-state index is 0.220. The molecule has 2 aliphatic heterocycles. The number of halogens is 1. The molecule has 2 amide bonds. The highest BCUT2D eigenvalue weighted by Gasteiger charge is 2.28. The molecule has 9 nitrogen and oxygen atoms in total. The number of hydrogen-bond donors (Lipinski definition) is 2. The lowest BCUT2D eigenvalue weighted by Gasteiger charge is -2.39. The van der Waals surface area contributed by atoms with Gasteiger partial charge < -0.3 is 24.7 Å². The van der Waals surface area contributed by atoms with Crippen LogP contribution in [0.25, 0.3) is 0 Å². The van der Waals surface area contributed by atoms with Crippen LogP contribution in [0.15, 0.2) is 47.1 Å². The van der Waals surface area contributed by atoms with Crippen LogP contribution in [0.4, 0.5) is 10.1 Å². The summed E-state index contributed by atoms with van der Waals surface area (Å²) < 4.78 is 25.1. The van der Waals surface area contributed by atoms with Crippen LogP contribution >= 0.6 is 0 Å². The highest BCUT2D eigenvalue weighted by Crippen LogP contribution is 2.25. The van der Waals surface area contributed by atoms with Crippen molar-refractivity contribution < 1.29 is 23.1 Å². The van der Waals surface area contributed by atoms with E-state index in [0.717, 1.165) is 13.1 Å². The van der Waals surface area contributed by atoms with Crippen molar-refractivity contribution in [3.63, 3.8) is 0 Å². The van der Waals surface area contributed by atoms with E-state index in [0.29, 0.717) is 63.9 Å². The Kier molecular flexibility index (Phi) is 8.51. The summed E-state index contributed by atoms with van der Waals surface area (Å²) >= 11 is 0. The van der Waals surface area contributed by atoms with Crippen molar-refractivity contribution in [2.24, 2.45) is 0 Å². The molecule has 34 heavy (non-hydrogen) atoms. The Morgan fingerprint density at radius 2 is 1.68 bits per heavy atom. The Bertz CT molecular complexity index is 927. The molecule has 1 aromatic heterocycles. The molecule has 2 N–H and O–H groups in total. The van der Waals surface area contributed by atoms with Gasteiger partial charge in [0.25, 0.3) is 0 Å². The molecule has 1 atom stereocenters. The summed E-state index contributed by atoms with van der Waals surface area (Å²) in [6.45, 7) is 7.01. The first-order valence-corrected chi connectivity index (χ1v) is 11.7. The zero-order valence-electron chi connectivity index (χ0n) is 19.2. The van der Waals surface area contributed by atoms with Crippen molar-refractivity contribution in [3.05, 3.63) is 54.2 Å². The predicted molar refractivity (Wildman–Crippen MR) is 125 cm³/mol. The van der Waals surface area contributed by atoms with E-state index >= 15 is 0 Å². The number of anilines is 1. The van der Waals surface area contributed by atoms with Crippen LogP contribution in [-0.2, 0) is 14.3 Å². The van der Waals surface area contributed by atoms with Crippen molar-refractivity contribution in [2.45, 2.75) is 6.04 Å². The van der Waals surface area contributed by atoms with Crippen LogP contribution in [0.1, 0.15) is 11.8 Å². The van der Waals surface area contributed by atoms with Crippen molar-refractivity contribution in [3.8, 4) is 0 Å². The molecule has 184 valence electrons. The summed E-state index contributed by atoms with van der Waals surface area (Å²) in [6, 6.07) is 10.2. The molecule has 1 aromatic carbocycles. The molecule has 1 unspecified atom stereocenters. The maximum absolute atomic E-state index is 14.2. The summed E-state index contributed by atoms with van der Waals surface area (Å²) in [5.74, 6) is -0.822. The Morgan fingerprint density at radius 3 is 2.38 bits per heavy atom. The Hall–Kier alpha value is -2.95. The number of nitrogens with one attached hydrogen (secondary N) is 2. The molecular formula is C24H32FN5O4. The van der Waals surface area contributed by atoms with Crippen LogP contribution < -0.4 is 15.5 Å². The lowest BCUT2D eigenvalue weighted by atomic mass is 10.1. The molecule has 4 rings (SSSR count). The summed E-state index contributed by atoms with van der Waals surface area (Å²) in [4.78, 5) is 31.0. The van der Waals surface area contributed by atoms with Crippen LogP contribution in [-0.4, -0.2) is 93.7 Å². The number of hydrogen-bond acceptors (Lipinski definition) is 7. The van der Waals surface area contributed by atoms with Crippen LogP contribution in [0.2, 0.25) is 0 Å². The molecule has 0 aliphatic carbocycles. The fraction of sp³-hybridized carbons (Fsp3) is 0.500. The second-order valence-electron chi connectivity index (χ2n) is 8.43. The quantitative estimate of drug-likeness (QED) is 0.550. The first-order valence-electron chi connectivity index (χ1n) is 11.7. The highest BCUT2D eigenvalue weighted by molar-refractivity contribution is 6.35. The molecule has 0 bridgehead atoms. The number of carbonyl (C=O) groups excluding carboxylic acids is 2. The topological polar surface area (TPSA) is 90.3 Å². The Balaban J connectivity index is 1.27. The number of piperazine rings is 1. The van der Waals surface area contributed by atoms with E-state index in [1.165, 1.54) is 6.07 Å².